The molecule has 54 heavy (non-hydrogen) atoms. The van der Waals surface area contributed by atoms with Crippen molar-refractivity contribution >= 4 is 46.0 Å². The van der Waals surface area contributed by atoms with Crippen molar-refractivity contribution in [3.05, 3.63) is 145 Å². The molecule has 0 atom stereocenters. The zero-order valence-electron chi connectivity index (χ0n) is 32.6. The second-order valence-corrected chi connectivity index (χ2v) is 21.8. The summed E-state index contributed by atoms with van der Waals surface area (Å²) in [5, 5.41) is 4.95. The van der Waals surface area contributed by atoms with Gasteiger partial charge in [0.15, 0.2) is 0 Å². The molecule has 8 rings (SSSR count). The van der Waals surface area contributed by atoms with Crippen LogP contribution in [0.3, 0.4) is 0 Å². The van der Waals surface area contributed by atoms with Gasteiger partial charge in [-0.15, -0.1) is 42.0 Å². The average molecular weight is 904 g/mol. The molecule has 3 heterocycles. The number of imidazole rings is 1. The van der Waals surface area contributed by atoms with E-state index in [1.807, 2.05) is 24.3 Å². The molecule has 6 heteroatoms. The number of aromatic nitrogens is 3. The van der Waals surface area contributed by atoms with Crippen molar-refractivity contribution in [1.29, 1.82) is 0 Å². The fraction of sp³-hybridized carbons (Fsp3) is 0.250. The van der Waals surface area contributed by atoms with Crippen molar-refractivity contribution in [2.45, 2.75) is 67.1 Å². The zero-order chi connectivity index (χ0) is 37.3. The van der Waals surface area contributed by atoms with Crippen LogP contribution in [0.4, 0.5) is 0 Å². The predicted molar refractivity (Wildman–Crippen MR) is 226 cm³/mol. The summed E-state index contributed by atoms with van der Waals surface area (Å²) >= 11 is 0. The van der Waals surface area contributed by atoms with Crippen LogP contribution in [0.1, 0.15) is 45.7 Å². The Balaban J connectivity index is 0.000000205. The summed E-state index contributed by atoms with van der Waals surface area (Å²) in [6, 6.07) is 43.3. The molecule has 0 N–H and O–H groups in total. The summed E-state index contributed by atoms with van der Waals surface area (Å²) in [4.78, 5) is 9.70. The van der Waals surface area contributed by atoms with E-state index in [9.17, 15) is 0 Å². The Labute approximate surface area is 335 Å². The number of pyridine rings is 1. The number of nitrogens with zero attached hydrogens (tertiary/aromatic N) is 3. The van der Waals surface area contributed by atoms with Crippen molar-refractivity contribution in [2.75, 3.05) is 0 Å². The second kappa shape index (κ2) is 16.0. The average Bonchev–Trinajstić information content (AvgIpc) is 3.72. The molecule has 0 fully saturated rings. The van der Waals surface area contributed by atoms with Crippen molar-refractivity contribution in [3.63, 3.8) is 0 Å². The minimum atomic E-state index is -1.34. The van der Waals surface area contributed by atoms with Gasteiger partial charge in [0, 0.05) is 43.8 Å². The molecule has 4 nitrogen and oxygen atoms in total. The molecule has 0 aliphatic rings. The molecule has 0 saturated heterocycles. The zero-order valence-corrected chi connectivity index (χ0v) is 36.0. The summed E-state index contributed by atoms with van der Waals surface area (Å²) < 4.78 is 8.15. The van der Waals surface area contributed by atoms with Gasteiger partial charge < -0.3 is 14.0 Å². The van der Waals surface area contributed by atoms with E-state index < -0.39 is 8.07 Å². The fourth-order valence-electron chi connectivity index (χ4n) is 7.16. The first-order valence-electron chi connectivity index (χ1n) is 18.7. The number of benzene rings is 5. The van der Waals surface area contributed by atoms with E-state index in [4.69, 9.17) is 9.40 Å². The van der Waals surface area contributed by atoms with Gasteiger partial charge in [0.2, 0.25) is 0 Å². The van der Waals surface area contributed by atoms with Crippen LogP contribution in [0.5, 0.6) is 0 Å². The van der Waals surface area contributed by atoms with E-state index >= 15 is 0 Å². The smallest absolute Gasteiger partial charge is 0.0798 e. The van der Waals surface area contributed by atoms with E-state index in [2.05, 4.69) is 173 Å². The molecule has 0 spiro atoms. The standard InChI is InChI=1S/C30H25N2O.C18H24NSi.Ir/c1-30(2,3)18-20-12-15-24-25(19-33-28(24)16-20)29-31-26-10-6-7-11-27(26)32(29)23-14-13-21-8-4-5-9-22(21)17-23;1-14(2)11-16-12-17(15-9-7-6-8-10-15)19-13-18(16)20(3,4)5;/h4-17H,18H2,1-3H3;6-9,12-14H,11H2,1-5H3;/q2*-1;. The monoisotopic (exact) mass is 904 g/mol. The number of furan rings is 1. The van der Waals surface area contributed by atoms with Gasteiger partial charge in [0.05, 0.1) is 24.9 Å². The predicted octanol–water partition coefficient (Wildman–Crippen LogP) is 12.3. The number of hydrogen-bond acceptors (Lipinski definition) is 3. The molecule has 0 aliphatic carbocycles. The van der Waals surface area contributed by atoms with E-state index in [1.54, 1.807) is 0 Å². The summed E-state index contributed by atoms with van der Waals surface area (Å²) in [6.45, 7) is 18.5. The van der Waals surface area contributed by atoms with Crippen LogP contribution in [0.2, 0.25) is 19.6 Å². The molecule has 3 aromatic heterocycles. The van der Waals surface area contributed by atoms with Gasteiger partial charge >= 0.3 is 0 Å². The fourth-order valence-corrected chi connectivity index (χ4v) is 8.75. The van der Waals surface area contributed by atoms with E-state index in [1.165, 1.54) is 27.1 Å². The van der Waals surface area contributed by atoms with Gasteiger partial charge in [-0.2, -0.15) is 0 Å². The Morgan fingerprint density at radius 3 is 2.28 bits per heavy atom. The SMILES string of the molecule is CC(C)(C)Cc1ccc2c(-c3nc4ccccc4n3-c3ccc4ccccc4c3)[c-]oc2c1.CC(C)Cc1cc(-c2[c-]cccc2)ncc1[Si](C)(C)C.[Ir]. The molecule has 0 aliphatic heterocycles. The quantitative estimate of drug-likeness (QED) is 0.118. The molecule has 0 amide bonds. The topological polar surface area (TPSA) is 43.9 Å². The third kappa shape index (κ3) is 8.68. The van der Waals surface area contributed by atoms with Gasteiger partial charge in [-0.25, -0.2) is 0 Å². The third-order valence-corrected chi connectivity index (χ3v) is 11.6. The molecule has 0 bridgehead atoms. The van der Waals surface area contributed by atoms with Crippen LogP contribution in [-0.4, -0.2) is 22.6 Å². The van der Waals surface area contributed by atoms with Gasteiger partial charge in [-0.05, 0) is 70.1 Å². The summed E-state index contributed by atoms with van der Waals surface area (Å²) in [5.74, 6) is 1.51. The summed E-state index contributed by atoms with van der Waals surface area (Å²) in [6.07, 6.45) is 7.40. The van der Waals surface area contributed by atoms with Gasteiger partial charge in [-0.1, -0.05) is 137 Å². The molecule has 0 saturated carbocycles. The van der Waals surface area contributed by atoms with Crippen LogP contribution >= 0.6 is 0 Å². The maximum Gasteiger partial charge on any atom is 0.0798 e. The van der Waals surface area contributed by atoms with Crippen molar-refractivity contribution < 1.29 is 24.5 Å². The van der Waals surface area contributed by atoms with E-state index in [0.29, 0.717) is 5.92 Å². The molecule has 277 valence electrons. The van der Waals surface area contributed by atoms with Gasteiger partial charge in [0.1, 0.15) is 0 Å². The normalized spacial score (nSPS) is 11.9. The van der Waals surface area contributed by atoms with Crippen molar-refractivity contribution in [2.24, 2.45) is 11.3 Å². The Kier molecular flexibility index (Phi) is 11.6. The van der Waals surface area contributed by atoms with Crippen LogP contribution in [-0.2, 0) is 32.9 Å². The van der Waals surface area contributed by atoms with Crippen molar-refractivity contribution in [3.8, 4) is 28.3 Å². The first-order valence-corrected chi connectivity index (χ1v) is 22.2. The Morgan fingerprint density at radius 2 is 1.56 bits per heavy atom. The van der Waals surface area contributed by atoms with E-state index in [0.717, 1.165) is 63.2 Å². The molecule has 8 aromatic rings. The maximum atomic E-state index is 5.94. The first-order chi connectivity index (χ1) is 25.3. The molecule has 1 radical (unpaired) electrons. The molecule has 5 aromatic carbocycles. The largest absolute Gasteiger partial charge is 0.557 e. The Bertz CT molecular complexity index is 2520. The Hall–Kier alpha value is -4.61. The summed E-state index contributed by atoms with van der Waals surface area (Å²) in [7, 11) is -1.34. The number of para-hydroxylation sites is 2. The molecule has 0 unspecified atom stereocenters. The van der Waals surface area contributed by atoms with Crippen LogP contribution in [0.25, 0.3) is 61.1 Å². The second-order valence-electron chi connectivity index (χ2n) is 16.8. The van der Waals surface area contributed by atoms with Crippen LogP contribution < -0.4 is 5.19 Å². The minimum absolute atomic E-state index is 0. The first kappa shape index (κ1) is 39.1. The van der Waals surface area contributed by atoms with Gasteiger partial charge in [-0.3, -0.25) is 4.98 Å². The number of hydrogen-bond donors (Lipinski definition) is 0. The Morgan fingerprint density at radius 1 is 0.815 bits per heavy atom. The van der Waals surface area contributed by atoms with Crippen LogP contribution in [0.15, 0.2) is 126 Å². The van der Waals surface area contributed by atoms with Crippen LogP contribution in [0, 0.1) is 23.7 Å². The molecular formula is C48H49IrN3OSi-2. The number of rotatable bonds is 7. The maximum absolute atomic E-state index is 5.94. The number of fused-ring (bicyclic) bond motifs is 3. The molecular weight excluding hydrogens is 855 g/mol. The summed E-state index contributed by atoms with van der Waals surface area (Å²) in [5.41, 5.74) is 9.92. The third-order valence-electron chi connectivity index (χ3n) is 9.50. The van der Waals surface area contributed by atoms with E-state index in [-0.39, 0.29) is 25.5 Å². The van der Waals surface area contributed by atoms with Gasteiger partial charge in [0.25, 0.3) is 0 Å². The van der Waals surface area contributed by atoms with Crippen molar-refractivity contribution in [1.82, 2.24) is 14.5 Å². The minimum Gasteiger partial charge on any atom is -0.557 e.